The third kappa shape index (κ3) is 2.64. The third-order valence-electron chi connectivity index (χ3n) is 2.00. The predicted molar refractivity (Wildman–Crippen MR) is 68.0 cm³/mol. The van der Waals surface area contributed by atoms with Crippen molar-refractivity contribution in [2.75, 3.05) is 17.3 Å². The number of nitrogens with two attached hydrogens (primary N) is 1. The molecule has 16 heavy (non-hydrogen) atoms. The standard InChI is InChI=1S/C11H12N4S/c1-16-10-4-2-3-9(5-10)15-11-13-6-8(12)7-14-11/h2-7H,12H2,1H3,(H,13,14,15). The molecule has 0 atom stereocenters. The molecule has 4 nitrogen and oxygen atoms in total. The number of anilines is 3. The highest BCUT2D eigenvalue weighted by atomic mass is 32.2. The molecule has 5 heteroatoms. The van der Waals surface area contributed by atoms with Gasteiger partial charge in [-0.3, -0.25) is 0 Å². The van der Waals surface area contributed by atoms with E-state index in [4.69, 9.17) is 5.73 Å². The van der Waals surface area contributed by atoms with Gasteiger partial charge in [-0.25, -0.2) is 9.97 Å². The lowest BCUT2D eigenvalue weighted by atomic mass is 10.3. The molecule has 0 saturated carbocycles. The molecule has 82 valence electrons. The van der Waals surface area contributed by atoms with E-state index in [-0.39, 0.29) is 0 Å². The number of hydrogen-bond donors (Lipinski definition) is 2. The summed E-state index contributed by atoms with van der Waals surface area (Å²) < 4.78 is 0. The number of aromatic nitrogens is 2. The van der Waals surface area contributed by atoms with E-state index in [1.165, 1.54) is 4.90 Å². The van der Waals surface area contributed by atoms with Crippen LogP contribution < -0.4 is 11.1 Å². The summed E-state index contributed by atoms with van der Waals surface area (Å²) in [6.45, 7) is 0. The molecule has 0 amide bonds. The molecular weight excluding hydrogens is 220 g/mol. The average molecular weight is 232 g/mol. The Morgan fingerprint density at radius 3 is 2.69 bits per heavy atom. The molecule has 1 heterocycles. The van der Waals surface area contributed by atoms with Crippen LogP contribution in [0.4, 0.5) is 17.3 Å². The van der Waals surface area contributed by atoms with Crippen LogP contribution in [0.5, 0.6) is 0 Å². The molecule has 0 radical (unpaired) electrons. The number of benzene rings is 1. The van der Waals surface area contributed by atoms with Gasteiger partial charge in [0.05, 0.1) is 18.1 Å². The Bertz CT molecular complexity index is 470. The summed E-state index contributed by atoms with van der Waals surface area (Å²) in [7, 11) is 0. The van der Waals surface area contributed by atoms with Crippen molar-refractivity contribution in [2.45, 2.75) is 4.90 Å². The lowest BCUT2D eigenvalue weighted by molar-refractivity contribution is 1.17. The van der Waals surface area contributed by atoms with E-state index in [1.54, 1.807) is 24.2 Å². The first-order valence-electron chi connectivity index (χ1n) is 4.76. The summed E-state index contributed by atoms with van der Waals surface area (Å²) in [4.78, 5) is 9.34. The summed E-state index contributed by atoms with van der Waals surface area (Å²) in [5.74, 6) is 0.549. The molecule has 0 fully saturated rings. The van der Waals surface area contributed by atoms with Crippen LogP contribution in [0.25, 0.3) is 0 Å². The Morgan fingerprint density at radius 1 is 1.25 bits per heavy atom. The molecule has 0 spiro atoms. The van der Waals surface area contributed by atoms with Crippen molar-refractivity contribution in [1.29, 1.82) is 0 Å². The average Bonchev–Trinajstić information content (AvgIpc) is 2.32. The van der Waals surface area contributed by atoms with Gasteiger partial charge in [0.1, 0.15) is 0 Å². The fourth-order valence-corrected chi connectivity index (χ4v) is 1.69. The maximum atomic E-state index is 5.51. The van der Waals surface area contributed by atoms with Gasteiger partial charge in [-0.1, -0.05) is 6.07 Å². The second kappa shape index (κ2) is 4.85. The van der Waals surface area contributed by atoms with Crippen LogP contribution >= 0.6 is 11.8 Å². The molecule has 2 aromatic rings. The summed E-state index contributed by atoms with van der Waals surface area (Å²) in [6.07, 6.45) is 5.19. The number of nitrogens with one attached hydrogen (secondary N) is 1. The fourth-order valence-electron chi connectivity index (χ4n) is 1.23. The topological polar surface area (TPSA) is 63.8 Å². The van der Waals surface area contributed by atoms with Crippen molar-refractivity contribution in [2.24, 2.45) is 0 Å². The van der Waals surface area contributed by atoms with Crippen LogP contribution in [0.2, 0.25) is 0 Å². The first-order chi connectivity index (χ1) is 7.78. The van der Waals surface area contributed by atoms with Gasteiger partial charge in [0.25, 0.3) is 0 Å². The van der Waals surface area contributed by atoms with Gasteiger partial charge < -0.3 is 11.1 Å². The van der Waals surface area contributed by atoms with Gasteiger partial charge in [0.2, 0.25) is 5.95 Å². The quantitative estimate of drug-likeness (QED) is 0.796. The van der Waals surface area contributed by atoms with Crippen molar-refractivity contribution < 1.29 is 0 Å². The Morgan fingerprint density at radius 2 is 2.00 bits per heavy atom. The highest BCUT2D eigenvalue weighted by Crippen LogP contribution is 2.20. The van der Waals surface area contributed by atoms with Crippen molar-refractivity contribution >= 4 is 29.1 Å². The Labute approximate surface area is 98.3 Å². The van der Waals surface area contributed by atoms with Crippen LogP contribution in [0.3, 0.4) is 0 Å². The smallest absolute Gasteiger partial charge is 0.227 e. The third-order valence-corrected chi connectivity index (χ3v) is 2.72. The number of rotatable bonds is 3. The number of nitrogens with zero attached hydrogens (tertiary/aromatic N) is 2. The summed E-state index contributed by atoms with van der Waals surface area (Å²) >= 11 is 1.70. The van der Waals surface area contributed by atoms with Crippen molar-refractivity contribution in [3.05, 3.63) is 36.7 Å². The van der Waals surface area contributed by atoms with Crippen LogP contribution in [0.1, 0.15) is 0 Å². The molecule has 0 saturated heterocycles. The second-order valence-corrected chi connectivity index (χ2v) is 4.08. The monoisotopic (exact) mass is 232 g/mol. The van der Waals surface area contributed by atoms with Gasteiger partial charge in [0.15, 0.2) is 0 Å². The number of thioether (sulfide) groups is 1. The maximum Gasteiger partial charge on any atom is 0.227 e. The minimum atomic E-state index is 0.549. The van der Waals surface area contributed by atoms with E-state index in [0.29, 0.717) is 11.6 Å². The molecule has 0 aliphatic carbocycles. The van der Waals surface area contributed by atoms with Crippen molar-refractivity contribution in [3.8, 4) is 0 Å². The zero-order valence-electron chi connectivity index (χ0n) is 8.84. The van der Waals surface area contributed by atoms with Crippen LogP contribution in [-0.2, 0) is 0 Å². The molecule has 0 aliphatic rings. The zero-order valence-corrected chi connectivity index (χ0v) is 9.66. The SMILES string of the molecule is CSc1cccc(Nc2ncc(N)cn2)c1. The zero-order chi connectivity index (χ0) is 11.4. The van der Waals surface area contributed by atoms with Gasteiger partial charge >= 0.3 is 0 Å². The lowest BCUT2D eigenvalue weighted by Crippen LogP contribution is -1.97. The molecule has 3 N–H and O–H groups in total. The Kier molecular flexibility index (Phi) is 3.26. The minimum Gasteiger partial charge on any atom is -0.396 e. The van der Waals surface area contributed by atoms with Crippen molar-refractivity contribution in [1.82, 2.24) is 9.97 Å². The second-order valence-electron chi connectivity index (χ2n) is 3.20. The maximum absolute atomic E-state index is 5.51. The van der Waals surface area contributed by atoms with E-state index in [0.717, 1.165) is 5.69 Å². The first-order valence-corrected chi connectivity index (χ1v) is 5.99. The molecule has 2 rings (SSSR count). The van der Waals surface area contributed by atoms with Crippen molar-refractivity contribution in [3.63, 3.8) is 0 Å². The minimum absolute atomic E-state index is 0.549. The normalized spacial score (nSPS) is 10.1. The molecule has 1 aromatic carbocycles. The summed E-state index contributed by atoms with van der Waals surface area (Å²) in [5.41, 5.74) is 7.04. The Balaban J connectivity index is 2.16. The van der Waals surface area contributed by atoms with Crippen LogP contribution in [0, 0.1) is 0 Å². The molecule has 0 unspecified atom stereocenters. The van der Waals surface area contributed by atoms with Crippen LogP contribution in [0.15, 0.2) is 41.6 Å². The first kappa shape index (κ1) is 10.8. The number of hydrogen-bond acceptors (Lipinski definition) is 5. The molecular formula is C11H12N4S. The van der Waals surface area contributed by atoms with E-state index in [9.17, 15) is 0 Å². The summed E-state index contributed by atoms with van der Waals surface area (Å²) in [6, 6.07) is 8.06. The highest BCUT2D eigenvalue weighted by Gasteiger charge is 1.98. The van der Waals surface area contributed by atoms with Crippen LogP contribution in [-0.4, -0.2) is 16.2 Å². The van der Waals surface area contributed by atoms with E-state index < -0.39 is 0 Å². The molecule has 0 bridgehead atoms. The van der Waals surface area contributed by atoms with Gasteiger partial charge in [-0.2, -0.15) is 0 Å². The summed E-state index contributed by atoms with van der Waals surface area (Å²) in [5, 5.41) is 3.11. The fraction of sp³-hybridized carbons (Fsp3) is 0.0909. The number of nitrogen functional groups attached to an aromatic ring is 1. The molecule has 0 aliphatic heterocycles. The van der Waals surface area contributed by atoms with E-state index in [1.807, 2.05) is 24.5 Å². The Hall–Kier alpha value is -1.75. The lowest BCUT2D eigenvalue weighted by Gasteiger charge is -2.05. The van der Waals surface area contributed by atoms with Gasteiger partial charge in [0, 0.05) is 10.6 Å². The van der Waals surface area contributed by atoms with Gasteiger partial charge in [-0.15, -0.1) is 11.8 Å². The van der Waals surface area contributed by atoms with Gasteiger partial charge in [-0.05, 0) is 24.5 Å². The van der Waals surface area contributed by atoms with E-state index >= 15 is 0 Å². The van der Waals surface area contributed by atoms with E-state index in [2.05, 4.69) is 21.4 Å². The largest absolute Gasteiger partial charge is 0.396 e. The predicted octanol–water partition coefficient (Wildman–Crippen LogP) is 2.52. The highest BCUT2D eigenvalue weighted by molar-refractivity contribution is 7.98. The molecule has 1 aromatic heterocycles.